The summed E-state index contributed by atoms with van der Waals surface area (Å²) in [6, 6.07) is 0. The van der Waals surface area contributed by atoms with Crippen molar-refractivity contribution in [3.63, 3.8) is 0 Å². The maximum Gasteiger partial charge on any atom is 0.192 e. The molecule has 1 N–H and O–H groups in total. The van der Waals surface area contributed by atoms with Gasteiger partial charge < -0.3 is 23.7 Å². The van der Waals surface area contributed by atoms with Crippen LogP contribution in [-0.2, 0) is 18.6 Å². The Balaban J connectivity index is 2.58. The van der Waals surface area contributed by atoms with Gasteiger partial charge in [-0.2, -0.15) is 0 Å². The van der Waals surface area contributed by atoms with Crippen LogP contribution in [0.15, 0.2) is 0 Å². The Morgan fingerprint density at radius 2 is 1.81 bits per heavy atom. The molecule has 0 bridgehead atoms. The number of aliphatic hydroxyl groups is 1. The van der Waals surface area contributed by atoms with Gasteiger partial charge >= 0.3 is 0 Å². The van der Waals surface area contributed by atoms with Crippen molar-refractivity contribution >= 4 is 8.32 Å². The normalized spacial score (nSPS) is 24.5. The molecule has 5 nitrogen and oxygen atoms in total. The van der Waals surface area contributed by atoms with E-state index >= 15 is 0 Å². The van der Waals surface area contributed by atoms with Gasteiger partial charge in [-0.05, 0) is 31.0 Å². The van der Waals surface area contributed by atoms with E-state index in [-0.39, 0.29) is 23.2 Å². The summed E-state index contributed by atoms with van der Waals surface area (Å²) in [6.07, 6.45) is 1.50. The summed E-state index contributed by atoms with van der Waals surface area (Å²) < 4.78 is 23.9. The van der Waals surface area contributed by atoms with Crippen LogP contribution >= 0.6 is 0 Å². The highest BCUT2D eigenvalue weighted by atomic mass is 28.4. The molecule has 0 amide bonds. The van der Waals surface area contributed by atoms with Gasteiger partial charge in [-0.25, -0.2) is 0 Å². The van der Waals surface area contributed by atoms with Crippen molar-refractivity contribution in [3.05, 3.63) is 0 Å². The summed E-state index contributed by atoms with van der Waals surface area (Å²) in [7, 11) is -0.144. The molecule has 0 aromatic carbocycles. The smallest absolute Gasteiger partial charge is 0.192 e. The second kappa shape index (κ2) is 9.48. The average molecular weight is 391 g/mol. The summed E-state index contributed by atoms with van der Waals surface area (Å²) in [5.41, 5.74) is 0. The van der Waals surface area contributed by atoms with E-state index in [1.165, 1.54) is 0 Å². The zero-order valence-electron chi connectivity index (χ0n) is 18.4. The van der Waals surface area contributed by atoms with Crippen molar-refractivity contribution in [2.45, 2.75) is 103 Å². The van der Waals surface area contributed by atoms with Crippen molar-refractivity contribution in [1.29, 1.82) is 0 Å². The second-order valence-electron chi connectivity index (χ2n) is 9.18. The van der Waals surface area contributed by atoms with Crippen molar-refractivity contribution in [2.24, 2.45) is 5.92 Å². The maximum absolute atomic E-state index is 10.7. The van der Waals surface area contributed by atoms with E-state index in [0.29, 0.717) is 19.6 Å². The molecule has 0 aliphatic carbocycles. The number of rotatable bonds is 10. The standard InChI is InChI=1S/C20H42O5Si/c1-10-20(11-2)23-13-16(25-20)12-17(21)15(3)18(22-7)14-24-26(8,9)19(4,5)6/h15-18,21H,10-14H2,1-9H3/t15-,16-,17+,18-/m0/s1. The highest BCUT2D eigenvalue weighted by molar-refractivity contribution is 6.74. The lowest BCUT2D eigenvalue weighted by atomic mass is 9.94. The van der Waals surface area contributed by atoms with Crippen molar-refractivity contribution in [3.8, 4) is 0 Å². The van der Waals surface area contributed by atoms with E-state index in [2.05, 4.69) is 47.7 Å². The van der Waals surface area contributed by atoms with Gasteiger partial charge in [-0.1, -0.05) is 41.5 Å². The molecule has 156 valence electrons. The third kappa shape index (κ3) is 6.01. The van der Waals surface area contributed by atoms with Crippen LogP contribution in [0, 0.1) is 5.92 Å². The van der Waals surface area contributed by atoms with Gasteiger partial charge in [0.15, 0.2) is 14.1 Å². The molecule has 1 aliphatic rings. The summed E-state index contributed by atoms with van der Waals surface area (Å²) >= 11 is 0. The third-order valence-electron chi connectivity index (χ3n) is 6.41. The van der Waals surface area contributed by atoms with E-state index in [0.717, 1.165) is 12.8 Å². The van der Waals surface area contributed by atoms with E-state index < -0.39 is 20.2 Å². The lowest BCUT2D eigenvalue weighted by Gasteiger charge is -2.38. The van der Waals surface area contributed by atoms with Gasteiger partial charge in [0.2, 0.25) is 0 Å². The molecule has 0 spiro atoms. The summed E-state index contributed by atoms with van der Waals surface area (Å²) in [5, 5.41) is 10.9. The molecule has 4 atom stereocenters. The van der Waals surface area contributed by atoms with Gasteiger partial charge in [0.25, 0.3) is 0 Å². The first-order chi connectivity index (χ1) is 11.9. The van der Waals surface area contributed by atoms with Crippen LogP contribution in [0.1, 0.15) is 60.8 Å². The minimum absolute atomic E-state index is 0.0355. The molecule has 1 heterocycles. The maximum atomic E-state index is 10.7. The zero-order chi connectivity index (χ0) is 20.2. The molecule has 1 rings (SSSR count). The third-order valence-corrected chi connectivity index (χ3v) is 10.9. The SMILES string of the molecule is CCC1(CC)OC[C@H](C[C@@H](O)[C@H](C)[C@H](CO[Si](C)(C)C(C)(C)C)OC)O1. The van der Waals surface area contributed by atoms with Crippen LogP contribution in [0.25, 0.3) is 0 Å². The Kier molecular flexibility index (Phi) is 8.77. The van der Waals surface area contributed by atoms with Crippen molar-refractivity contribution < 1.29 is 23.7 Å². The second-order valence-corrected chi connectivity index (χ2v) is 14.0. The molecule has 1 saturated heterocycles. The molecule has 0 radical (unpaired) electrons. The number of ether oxygens (including phenoxy) is 3. The van der Waals surface area contributed by atoms with Crippen molar-refractivity contribution in [2.75, 3.05) is 20.3 Å². The number of methoxy groups -OCH3 is 1. The van der Waals surface area contributed by atoms with Crippen LogP contribution in [0.3, 0.4) is 0 Å². The first kappa shape index (κ1) is 24.1. The predicted octanol–water partition coefficient (Wildman–Crippen LogP) is 4.34. The Hall–Kier alpha value is 0.0169. The van der Waals surface area contributed by atoms with E-state index in [4.69, 9.17) is 18.6 Å². The van der Waals surface area contributed by atoms with Gasteiger partial charge in [-0.15, -0.1) is 0 Å². The van der Waals surface area contributed by atoms with Crippen LogP contribution in [-0.4, -0.2) is 57.8 Å². The van der Waals surface area contributed by atoms with Gasteiger partial charge in [-0.3, -0.25) is 0 Å². The first-order valence-electron chi connectivity index (χ1n) is 10.1. The predicted molar refractivity (Wildman–Crippen MR) is 108 cm³/mol. The Labute approximate surface area is 161 Å². The van der Waals surface area contributed by atoms with Crippen LogP contribution in [0.2, 0.25) is 18.1 Å². The van der Waals surface area contributed by atoms with Crippen LogP contribution in [0.4, 0.5) is 0 Å². The summed E-state index contributed by atoms with van der Waals surface area (Å²) in [6.45, 7) is 18.4. The minimum atomic E-state index is -1.84. The average Bonchev–Trinajstić information content (AvgIpc) is 2.97. The largest absolute Gasteiger partial charge is 0.414 e. The fourth-order valence-corrected chi connectivity index (χ4v) is 4.04. The number of aliphatic hydroxyl groups excluding tert-OH is 1. The van der Waals surface area contributed by atoms with E-state index in [1.54, 1.807) is 7.11 Å². The van der Waals surface area contributed by atoms with Gasteiger partial charge in [0.05, 0.1) is 31.5 Å². The molecular formula is C20H42O5Si. The first-order valence-corrected chi connectivity index (χ1v) is 13.0. The highest BCUT2D eigenvalue weighted by Gasteiger charge is 2.41. The molecule has 26 heavy (non-hydrogen) atoms. The van der Waals surface area contributed by atoms with Crippen molar-refractivity contribution in [1.82, 2.24) is 0 Å². The fourth-order valence-electron chi connectivity index (χ4n) is 3.03. The van der Waals surface area contributed by atoms with Gasteiger partial charge in [0.1, 0.15) is 0 Å². The van der Waals surface area contributed by atoms with Crippen LogP contribution in [0.5, 0.6) is 0 Å². The number of hydrogen-bond donors (Lipinski definition) is 1. The number of hydrogen-bond acceptors (Lipinski definition) is 5. The van der Waals surface area contributed by atoms with E-state index in [1.807, 2.05) is 6.92 Å². The lowest BCUT2D eigenvalue weighted by molar-refractivity contribution is -0.175. The Morgan fingerprint density at radius 3 is 2.23 bits per heavy atom. The Morgan fingerprint density at radius 1 is 1.23 bits per heavy atom. The molecule has 1 fully saturated rings. The monoisotopic (exact) mass is 390 g/mol. The van der Waals surface area contributed by atoms with Crippen LogP contribution < -0.4 is 0 Å². The summed E-state index contributed by atoms with van der Waals surface area (Å²) in [4.78, 5) is 0. The molecule has 0 saturated carbocycles. The molecule has 6 heteroatoms. The highest BCUT2D eigenvalue weighted by Crippen LogP contribution is 2.37. The minimum Gasteiger partial charge on any atom is -0.414 e. The molecule has 0 aromatic heterocycles. The Bertz CT molecular complexity index is 417. The molecule has 0 aromatic rings. The fraction of sp³-hybridized carbons (Fsp3) is 1.00. The topological polar surface area (TPSA) is 57.2 Å². The summed E-state index contributed by atoms with van der Waals surface area (Å²) in [5.74, 6) is -0.508. The van der Waals surface area contributed by atoms with E-state index in [9.17, 15) is 5.11 Å². The lowest BCUT2D eigenvalue weighted by Crippen LogP contribution is -2.45. The molecule has 0 unspecified atom stereocenters. The quantitative estimate of drug-likeness (QED) is 0.562. The zero-order valence-corrected chi connectivity index (χ0v) is 19.4. The molecular weight excluding hydrogens is 348 g/mol. The molecule has 1 aliphatic heterocycles. The van der Waals surface area contributed by atoms with Gasteiger partial charge in [0, 0.05) is 19.4 Å².